The summed E-state index contributed by atoms with van der Waals surface area (Å²) in [7, 11) is 0. The molecule has 0 bridgehead atoms. The molecule has 2 aromatic rings. The first-order chi connectivity index (χ1) is 14.2. The zero-order valence-corrected chi connectivity index (χ0v) is 16.4. The van der Waals surface area contributed by atoms with Gasteiger partial charge in [0.15, 0.2) is 11.5 Å². The highest BCUT2D eigenvalue weighted by Crippen LogP contribution is 2.32. The molecule has 2 N–H and O–H groups in total. The minimum atomic E-state index is -0.270. The summed E-state index contributed by atoms with van der Waals surface area (Å²) >= 11 is 0. The van der Waals surface area contributed by atoms with Gasteiger partial charge in [-0.3, -0.25) is 10.1 Å². The van der Waals surface area contributed by atoms with E-state index in [1.807, 2.05) is 18.2 Å². The number of guanidine groups is 1. The van der Waals surface area contributed by atoms with Crippen molar-refractivity contribution in [1.82, 2.24) is 5.32 Å². The topological polar surface area (TPSA) is 81.2 Å². The summed E-state index contributed by atoms with van der Waals surface area (Å²) in [6.07, 6.45) is 3.06. The number of aliphatic imine (C=N–C) groups is 1. The largest absolute Gasteiger partial charge is 0.454 e. The third kappa shape index (κ3) is 4.86. The minimum absolute atomic E-state index is 0.0937. The van der Waals surface area contributed by atoms with Gasteiger partial charge in [-0.2, -0.15) is 0 Å². The highest BCUT2D eigenvalue weighted by atomic mass is 16.7. The summed E-state index contributed by atoms with van der Waals surface area (Å²) in [5, 5.41) is 6.12. The van der Waals surface area contributed by atoms with Crippen molar-refractivity contribution in [2.24, 2.45) is 4.99 Å². The summed E-state index contributed by atoms with van der Waals surface area (Å²) < 4.78 is 16.3. The lowest BCUT2D eigenvalue weighted by molar-refractivity contribution is 0.0975. The lowest BCUT2D eigenvalue weighted by atomic mass is 10.1. The van der Waals surface area contributed by atoms with Crippen molar-refractivity contribution in [2.75, 3.05) is 25.3 Å². The maximum atomic E-state index is 12.8. The lowest BCUT2D eigenvalue weighted by Crippen LogP contribution is -2.36. The van der Waals surface area contributed by atoms with Crippen LogP contribution in [0.5, 0.6) is 11.5 Å². The number of anilines is 1. The van der Waals surface area contributed by atoms with Gasteiger partial charge in [0.1, 0.15) is 0 Å². The number of benzene rings is 2. The van der Waals surface area contributed by atoms with E-state index in [0.717, 1.165) is 31.6 Å². The first-order valence-corrected chi connectivity index (χ1v) is 9.94. The van der Waals surface area contributed by atoms with Gasteiger partial charge >= 0.3 is 0 Å². The van der Waals surface area contributed by atoms with Crippen LogP contribution < -0.4 is 20.1 Å². The Morgan fingerprint density at radius 2 is 2.07 bits per heavy atom. The maximum absolute atomic E-state index is 12.8. The number of nitrogens with one attached hydrogen (secondary N) is 2. The quantitative estimate of drug-likeness (QED) is 0.599. The molecule has 152 valence electrons. The second kappa shape index (κ2) is 8.96. The van der Waals surface area contributed by atoms with Gasteiger partial charge in [0.25, 0.3) is 5.91 Å². The Morgan fingerprint density at radius 1 is 1.17 bits per heavy atom. The van der Waals surface area contributed by atoms with Gasteiger partial charge in [-0.1, -0.05) is 19.1 Å². The van der Waals surface area contributed by atoms with Gasteiger partial charge in [0.2, 0.25) is 12.8 Å². The fourth-order valence-corrected chi connectivity index (χ4v) is 3.31. The van der Waals surface area contributed by atoms with E-state index in [9.17, 15) is 4.79 Å². The van der Waals surface area contributed by atoms with Crippen molar-refractivity contribution in [1.29, 1.82) is 0 Å². The molecular weight excluding hydrogens is 370 g/mol. The molecule has 1 fully saturated rings. The monoisotopic (exact) mass is 395 g/mol. The number of ether oxygens (including phenoxy) is 3. The Hall–Kier alpha value is -3.06. The molecule has 2 aliphatic heterocycles. The van der Waals surface area contributed by atoms with Gasteiger partial charge in [0, 0.05) is 17.9 Å². The van der Waals surface area contributed by atoms with Gasteiger partial charge < -0.3 is 19.5 Å². The molecule has 29 heavy (non-hydrogen) atoms. The van der Waals surface area contributed by atoms with Crippen LogP contribution in [-0.2, 0) is 11.2 Å². The van der Waals surface area contributed by atoms with E-state index in [1.54, 1.807) is 18.2 Å². The van der Waals surface area contributed by atoms with Crippen LogP contribution in [-0.4, -0.2) is 37.9 Å². The maximum Gasteiger partial charge on any atom is 0.258 e. The molecule has 4 rings (SSSR count). The second-order valence-electron chi connectivity index (χ2n) is 7.03. The van der Waals surface area contributed by atoms with E-state index in [0.29, 0.717) is 29.6 Å². The molecule has 1 saturated heterocycles. The van der Waals surface area contributed by atoms with Crippen molar-refractivity contribution in [3.05, 3.63) is 53.6 Å². The molecule has 0 saturated carbocycles. The first kappa shape index (κ1) is 19.3. The van der Waals surface area contributed by atoms with Crippen LogP contribution in [0.25, 0.3) is 0 Å². The summed E-state index contributed by atoms with van der Waals surface area (Å²) in [5.74, 6) is 1.34. The number of aryl methyl sites for hydroxylation is 1. The summed E-state index contributed by atoms with van der Waals surface area (Å²) in [5.41, 5.74) is 2.56. The van der Waals surface area contributed by atoms with Gasteiger partial charge in [0.05, 0.1) is 12.6 Å². The Morgan fingerprint density at radius 3 is 2.90 bits per heavy atom. The van der Waals surface area contributed by atoms with E-state index in [4.69, 9.17) is 14.2 Å². The number of hydrogen-bond acceptors (Lipinski definition) is 5. The SMILES string of the molecule is CCc1cccc(NC(=NC[C@@H]2CCCO2)NC(=O)c2ccc3c(c2)OCO3)c1. The van der Waals surface area contributed by atoms with Crippen LogP contribution in [0.3, 0.4) is 0 Å². The third-order valence-electron chi connectivity index (χ3n) is 4.94. The minimum Gasteiger partial charge on any atom is -0.454 e. The molecule has 2 heterocycles. The van der Waals surface area contributed by atoms with Gasteiger partial charge in [-0.15, -0.1) is 0 Å². The number of nitrogens with zero attached hydrogens (tertiary/aromatic N) is 1. The number of hydrogen-bond donors (Lipinski definition) is 2. The molecule has 0 aromatic heterocycles. The molecule has 2 aromatic carbocycles. The van der Waals surface area contributed by atoms with Crippen molar-refractivity contribution in [2.45, 2.75) is 32.3 Å². The van der Waals surface area contributed by atoms with E-state index >= 15 is 0 Å². The van der Waals surface area contributed by atoms with E-state index in [1.165, 1.54) is 5.56 Å². The average Bonchev–Trinajstić information content (AvgIpc) is 3.43. The Bertz CT molecular complexity index is 907. The average molecular weight is 395 g/mol. The standard InChI is InChI=1S/C22H25N3O4/c1-2-15-5-3-6-17(11-15)24-22(23-13-18-7-4-10-27-18)25-21(26)16-8-9-19-20(12-16)29-14-28-19/h3,5-6,8-9,11-12,18H,2,4,7,10,13-14H2,1H3,(H2,23,24,25,26)/t18-/m0/s1. The fourth-order valence-electron chi connectivity index (χ4n) is 3.31. The van der Waals surface area contributed by atoms with Crippen LogP contribution in [0.15, 0.2) is 47.5 Å². The molecule has 2 aliphatic rings. The Kier molecular flexibility index (Phi) is 5.95. The molecule has 0 unspecified atom stereocenters. The molecule has 7 nitrogen and oxygen atoms in total. The number of fused-ring (bicyclic) bond motifs is 1. The highest BCUT2D eigenvalue weighted by molar-refractivity contribution is 6.10. The highest BCUT2D eigenvalue weighted by Gasteiger charge is 2.18. The summed E-state index contributed by atoms with van der Waals surface area (Å²) in [4.78, 5) is 17.4. The molecular formula is C22H25N3O4. The predicted octanol–water partition coefficient (Wildman–Crippen LogP) is 3.35. The number of amides is 1. The smallest absolute Gasteiger partial charge is 0.258 e. The van der Waals surface area contributed by atoms with E-state index < -0.39 is 0 Å². The van der Waals surface area contributed by atoms with Crippen LogP contribution in [0.2, 0.25) is 0 Å². The fraction of sp³-hybridized carbons (Fsp3) is 0.364. The van der Waals surface area contributed by atoms with Gasteiger partial charge in [-0.25, -0.2) is 4.99 Å². The van der Waals surface area contributed by atoms with Crippen molar-refractivity contribution in [3.63, 3.8) is 0 Å². The van der Waals surface area contributed by atoms with E-state index in [2.05, 4.69) is 28.6 Å². The molecule has 1 amide bonds. The van der Waals surface area contributed by atoms with Crippen molar-refractivity contribution in [3.8, 4) is 11.5 Å². The Labute approximate surface area is 170 Å². The zero-order chi connectivity index (χ0) is 20.1. The lowest BCUT2D eigenvalue weighted by Gasteiger charge is -2.14. The molecule has 1 atom stereocenters. The number of carbonyl (C=O) groups is 1. The van der Waals surface area contributed by atoms with E-state index in [-0.39, 0.29) is 18.8 Å². The van der Waals surface area contributed by atoms with Crippen LogP contribution in [0.1, 0.15) is 35.7 Å². The molecule has 0 aliphatic carbocycles. The molecule has 0 radical (unpaired) electrons. The van der Waals surface area contributed by atoms with Crippen LogP contribution in [0.4, 0.5) is 5.69 Å². The number of carbonyl (C=O) groups excluding carboxylic acids is 1. The second-order valence-corrected chi connectivity index (χ2v) is 7.03. The zero-order valence-electron chi connectivity index (χ0n) is 16.4. The molecule has 0 spiro atoms. The number of rotatable bonds is 5. The summed E-state index contributed by atoms with van der Waals surface area (Å²) in [6, 6.07) is 13.2. The summed E-state index contributed by atoms with van der Waals surface area (Å²) in [6.45, 7) is 3.54. The van der Waals surface area contributed by atoms with Crippen LogP contribution in [0, 0.1) is 0 Å². The normalized spacial score (nSPS) is 18.0. The van der Waals surface area contributed by atoms with Crippen molar-refractivity contribution < 1.29 is 19.0 Å². The Balaban J connectivity index is 1.50. The van der Waals surface area contributed by atoms with Crippen molar-refractivity contribution >= 4 is 17.6 Å². The van der Waals surface area contributed by atoms with Gasteiger partial charge in [-0.05, 0) is 55.2 Å². The van der Waals surface area contributed by atoms with Crippen LogP contribution >= 0.6 is 0 Å². The molecule has 7 heteroatoms. The third-order valence-corrected chi connectivity index (χ3v) is 4.94. The first-order valence-electron chi connectivity index (χ1n) is 9.94. The predicted molar refractivity (Wildman–Crippen MR) is 111 cm³/mol.